The summed E-state index contributed by atoms with van der Waals surface area (Å²) >= 11 is 0. The molecule has 7 heteroatoms. The molecule has 2 atom stereocenters. The number of carbonyl (C=O) groups is 2. The molecule has 148 valence electrons. The first-order chi connectivity index (χ1) is 13.7. The number of rotatable bonds is 5. The molecule has 3 heterocycles. The summed E-state index contributed by atoms with van der Waals surface area (Å²) in [6.07, 6.45) is 3.56. The van der Waals surface area contributed by atoms with Gasteiger partial charge in [-0.1, -0.05) is 30.3 Å². The van der Waals surface area contributed by atoms with Crippen molar-refractivity contribution in [3.63, 3.8) is 0 Å². The van der Waals surface area contributed by atoms with Crippen LogP contribution in [0.1, 0.15) is 30.2 Å². The van der Waals surface area contributed by atoms with Crippen molar-refractivity contribution in [1.82, 2.24) is 20.7 Å². The van der Waals surface area contributed by atoms with Crippen molar-refractivity contribution in [2.75, 3.05) is 26.2 Å². The molecule has 2 aromatic rings. The zero-order valence-corrected chi connectivity index (χ0v) is 15.8. The van der Waals surface area contributed by atoms with Gasteiger partial charge in [0.25, 0.3) is 0 Å². The number of benzene rings is 1. The van der Waals surface area contributed by atoms with Gasteiger partial charge in [0.1, 0.15) is 11.8 Å². The van der Waals surface area contributed by atoms with Gasteiger partial charge in [0, 0.05) is 32.6 Å². The average molecular weight is 382 g/mol. The van der Waals surface area contributed by atoms with Crippen LogP contribution in [0.5, 0.6) is 0 Å². The molecule has 4 rings (SSSR count). The molecule has 2 unspecified atom stereocenters. The summed E-state index contributed by atoms with van der Waals surface area (Å²) in [6, 6.07) is 13.5. The summed E-state index contributed by atoms with van der Waals surface area (Å²) in [4.78, 5) is 29.0. The monoisotopic (exact) mass is 382 g/mol. The molecule has 28 heavy (non-hydrogen) atoms. The Labute approximate surface area is 164 Å². The van der Waals surface area contributed by atoms with Gasteiger partial charge in [-0.3, -0.25) is 9.59 Å². The summed E-state index contributed by atoms with van der Waals surface area (Å²) in [7, 11) is 0. The van der Waals surface area contributed by atoms with Crippen LogP contribution >= 0.6 is 0 Å². The number of nitrogens with zero attached hydrogens (tertiary/aromatic N) is 2. The zero-order valence-electron chi connectivity index (χ0n) is 15.8. The van der Waals surface area contributed by atoms with Crippen LogP contribution in [-0.2, 0) is 16.0 Å². The fourth-order valence-electron chi connectivity index (χ4n) is 3.84. The standard InChI is InChI=1S/C21H26N4O3/c26-20(9-8-16-5-2-1-3-6-16)24-10-12-25(13-11-24)21(27)18-15-17(22-23-18)19-7-4-14-28-19/h1-7,14,17-18,22-23H,8-13,15H2. The normalized spacial score (nSPS) is 22.4. The Hall–Kier alpha value is -2.64. The molecule has 0 bridgehead atoms. The van der Waals surface area contributed by atoms with Crippen molar-refractivity contribution < 1.29 is 14.0 Å². The summed E-state index contributed by atoms with van der Waals surface area (Å²) in [5.74, 6) is 1.07. The number of carbonyl (C=O) groups excluding carboxylic acids is 2. The highest BCUT2D eigenvalue weighted by atomic mass is 16.3. The van der Waals surface area contributed by atoms with Gasteiger partial charge in [0.2, 0.25) is 11.8 Å². The van der Waals surface area contributed by atoms with E-state index in [1.807, 2.05) is 52.3 Å². The van der Waals surface area contributed by atoms with Crippen molar-refractivity contribution in [3.05, 3.63) is 60.1 Å². The Bertz CT molecular complexity index is 785. The van der Waals surface area contributed by atoms with Crippen molar-refractivity contribution >= 4 is 11.8 Å². The minimum atomic E-state index is -0.268. The van der Waals surface area contributed by atoms with Crippen molar-refractivity contribution in [2.24, 2.45) is 0 Å². The molecule has 0 spiro atoms. The molecule has 2 N–H and O–H groups in total. The first-order valence-corrected chi connectivity index (χ1v) is 9.85. The maximum absolute atomic E-state index is 12.8. The van der Waals surface area contributed by atoms with Crippen LogP contribution in [0.4, 0.5) is 0 Å². The third kappa shape index (κ3) is 4.26. The molecule has 0 radical (unpaired) electrons. The van der Waals surface area contributed by atoms with Crippen LogP contribution in [0.3, 0.4) is 0 Å². The smallest absolute Gasteiger partial charge is 0.241 e. The second kappa shape index (κ2) is 8.58. The van der Waals surface area contributed by atoms with Crippen LogP contribution in [0.15, 0.2) is 53.1 Å². The fraction of sp³-hybridized carbons (Fsp3) is 0.429. The van der Waals surface area contributed by atoms with E-state index in [1.165, 1.54) is 5.56 Å². The molecular weight excluding hydrogens is 356 g/mol. The van der Waals surface area contributed by atoms with E-state index in [1.54, 1.807) is 6.26 Å². The molecule has 0 saturated carbocycles. The minimum absolute atomic E-state index is 0.00445. The van der Waals surface area contributed by atoms with Gasteiger partial charge in [-0.05, 0) is 30.5 Å². The van der Waals surface area contributed by atoms with Gasteiger partial charge in [-0.15, -0.1) is 0 Å². The van der Waals surface area contributed by atoms with Gasteiger partial charge in [-0.25, -0.2) is 10.9 Å². The van der Waals surface area contributed by atoms with Crippen molar-refractivity contribution in [1.29, 1.82) is 0 Å². The van der Waals surface area contributed by atoms with Crippen LogP contribution < -0.4 is 10.9 Å². The number of hydrogen-bond acceptors (Lipinski definition) is 5. The second-order valence-corrected chi connectivity index (χ2v) is 7.34. The molecular formula is C21H26N4O3. The van der Waals surface area contributed by atoms with E-state index < -0.39 is 0 Å². The highest BCUT2D eigenvalue weighted by Crippen LogP contribution is 2.23. The molecule has 0 aliphatic carbocycles. The lowest BCUT2D eigenvalue weighted by atomic mass is 10.1. The minimum Gasteiger partial charge on any atom is -0.468 e. The summed E-state index contributed by atoms with van der Waals surface area (Å²) in [5, 5.41) is 0. The molecule has 2 aliphatic rings. The maximum atomic E-state index is 12.8. The lowest BCUT2D eigenvalue weighted by Crippen LogP contribution is -2.54. The third-order valence-electron chi connectivity index (χ3n) is 5.50. The van der Waals surface area contributed by atoms with E-state index in [-0.39, 0.29) is 23.9 Å². The molecule has 2 fully saturated rings. The number of nitrogens with one attached hydrogen (secondary N) is 2. The highest BCUT2D eigenvalue weighted by molar-refractivity contribution is 5.83. The predicted molar refractivity (Wildman–Crippen MR) is 104 cm³/mol. The van der Waals surface area contributed by atoms with Crippen molar-refractivity contribution in [2.45, 2.75) is 31.3 Å². The Kier molecular flexibility index (Phi) is 5.73. The molecule has 1 aromatic heterocycles. The van der Waals surface area contributed by atoms with Gasteiger partial charge >= 0.3 is 0 Å². The fourth-order valence-corrected chi connectivity index (χ4v) is 3.84. The van der Waals surface area contributed by atoms with Gasteiger partial charge in [0.15, 0.2) is 0 Å². The molecule has 2 amide bonds. The Morgan fingerprint density at radius 1 is 0.964 bits per heavy atom. The van der Waals surface area contributed by atoms with E-state index in [4.69, 9.17) is 4.42 Å². The van der Waals surface area contributed by atoms with Crippen LogP contribution in [-0.4, -0.2) is 53.8 Å². The number of aryl methyl sites for hydroxylation is 1. The van der Waals surface area contributed by atoms with Crippen molar-refractivity contribution in [3.8, 4) is 0 Å². The summed E-state index contributed by atoms with van der Waals surface area (Å²) in [5.41, 5.74) is 7.39. The first kappa shape index (κ1) is 18.7. The SMILES string of the molecule is O=C(CCc1ccccc1)N1CCN(C(=O)C2CC(c3ccco3)NN2)CC1. The summed E-state index contributed by atoms with van der Waals surface area (Å²) < 4.78 is 5.41. The molecule has 2 saturated heterocycles. The van der Waals surface area contributed by atoms with E-state index >= 15 is 0 Å². The Morgan fingerprint density at radius 3 is 2.43 bits per heavy atom. The molecule has 2 aliphatic heterocycles. The van der Waals surface area contributed by atoms with Gasteiger partial charge in [0.05, 0.1) is 12.3 Å². The lowest BCUT2D eigenvalue weighted by molar-refractivity contribution is -0.140. The topological polar surface area (TPSA) is 77.8 Å². The van der Waals surface area contributed by atoms with Crippen LogP contribution in [0.25, 0.3) is 0 Å². The van der Waals surface area contributed by atoms with E-state index in [9.17, 15) is 9.59 Å². The quantitative estimate of drug-likeness (QED) is 0.819. The Balaban J connectivity index is 1.22. The average Bonchev–Trinajstić information content (AvgIpc) is 3.44. The maximum Gasteiger partial charge on any atom is 0.241 e. The first-order valence-electron chi connectivity index (χ1n) is 9.85. The lowest BCUT2D eigenvalue weighted by Gasteiger charge is -2.36. The number of hydrogen-bond donors (Lipinski definition) is 2. The van der Waals surface area contributed by atoms with E-state index in [2.05, 4.69) is 10.9 Å². The summed E-state index contributed by atoms with van der Waals surface area (Å²) in [6.45, 7) is 2.36. The van der Waals surface area contributed by atoms with E-state index in [0.717, 1.165) is 12.2 Å². The van der Waals surface area contributed by atoms with Crippen LogP contribution in [0, 0.1) is 0 Å². The van der Waals surface area contributed by atoms with Gasteiger partial charge in [-0.2, -0.15) is 0 Å². The number of amides is 2. The Morgan fingerprint density at radius 2 is 1.71 bits per heavy atom. The highest BCUT2D eigenvalue weighted by Gasteiger charge is 2.35. The van der Waals surface area contributed by atoms with Gasteiger partial charge < -0.3 is 14.2 Å². The third-order valence-corrected chi connectivity index (χ3v) is 5.50. The number of hydrazine groups is 1. The number of piperazine rings is 1. The van der Waals surface area contributed by atoms with E-state index in [0.29, 0.717) is 39.0 Å². The predicted octanol–water partition coefficient (Wildman–Crippen LogP) is 1.49. The zero-order chi connectivity index (χ0) is 19.3. The largest absolute Gasteiger partial charge is 0.468 e. The van der Waals surface area contributed by atoms with Crippen LogP contribution in [0.2, 0.25) is 0 Å². The molecule has 1 aromatic carbocycles. The number of furan rings is 1. The second-order valence-electron chi connectivity index (χ2n) is 7.34. The molecule has 7 nitrogen and oxygen atoms in total.